The molecule has 3 aromatic rings. The van der Waals surface area contributed by atoms with Gasteiger partial charge in [-0.3, -0.25) is 9.29 Å². The highest BCUT2D eigenvalue weighted by molar-refractivity contribution is 7.93. The lowest BCUT2D eigenvalue weighted by molar-refractivity contribution is 0.00152. The maximum Gasteiger partial charge on any atom is 0.243 e. The highest BCUT2D eigenvalue weighted by Crippen LogP contribution is 2.38. The molecule has 0 aliphatic carbocycles. The second-order valence-electron chi connectivity index (χ2n) is 9.72. The van der Waals surface area contributed by atoms with Gasteiger partial charge in [-0.25, -0.2) is 18.4 Å². The van der Waals surface area contributed by atoms with Gasteiger partial charge in [0.15, 0.2) is 5.82 Å². The molecule has 0 saturated carbocycles. The van der Waals surface area contributed by atoms with E-state index < -0.39 is 21.4 Å². The predicted molar refractivity (Wildman–Crippen MR) is 145 cm³/mol. The maximum atomic E-state index is 13.8. The first-order valence-corrected chi connectivity index (χ1v) is 14.4. The van der Waals surface area contributed by atoms with Gasteiger partial charge < -0.3 is 18.9 Å². The number of benzene rings is 1. The summed E-state index contributed by atoms with van der Waals surface area (Å²) in [4.78, 5) is 8.68. The molecule has 1 aromatic carbocycles. The minimum atomic E-state index is -4.09. The number of aryl methyl sites for hydroxylation is 1. The topological polar surface area (TPSA) is 140 Å². The quantitative estimate of drug-likeness (QED) is 0.370. The normalized spacial score (nSPS) is 17.6. The van der Waals surface area contributed by atoms with Crippen molar-refractivity contribution in [1.82, 2.24) is 24.7 Å². The molecule has 1 fully saturated rings. The van der Waals surface area contributed by atoms with Crippen LogP contribution >= 0.6 is 0 Å². The lowest BCUT2D eigenvalue weighted by Gasteiger charge is -2.26. The van der Waals surface area contributed by atoms with Gasteiger partial charge in [-0.15, -0.1) is 10.2 Å². The van der Waals surface area contributed by atoms with Gasteiger partial charge in [-0.1, -0.05) is 6.07 Å². The zero-order valence-electron chi connectivity index (χ0n) is 23.1. The van der Waals surface area contributed by atoms with Crippen LogP contribution < -0.4 is 14.2 Å². The Bertz CT molecular complexity index is 1330. The summed E-state index contributed by atoms with van der Waals surface area (Å²) in [5.74, 6) is 1.65. The van der Waals surface area contributed by atoms with Gasteiger partial charge in [0.25, 0.3) is 0 Å². The Morgan fingerprint density at radius 1 is 1.08 bits per heavy atom. The van der Waals surface area contributed by atoms with Crippen LogP contribution in [0.5, 0.6) is 11.5 Å². The van der Waals surface area contributed by atoms with Crippen molar-refractivity contribution in [3.8, 4) is 17.2 Å². The zero-order valence-corrected chi connectivity index (χ0v) is 23.9. The standard InChI is InChI=1S/C26H36N6O6S/c1-16(2)38-23(24-27-13-17(3)14-28-24)18(4)39(33,34)31-26-30-29-25(19-9-8-12-37-15-19)32(26)22-20(35-5)10-7-11-21(22)36-6/h7,10-11,13-14,16,18-19,23H,8-9,12,15H2,1-6H3,(H,30,31)/t18-,19-,23+/m0/s1. The van der Waals surface area contributed by atoms with Crippen molar-refractivity contribution < 1.29 is 27.4 Å². The number of ether oxygens (including phenoxy) is 4. The summed E-state index contributed by atoms with van der Waals surface area (Å²) < 4.78 is 54.9. The number of hydrogen-bond acceptors (Lipinski definition) is 10. The summed E-state index contributed by atoms with van der Waals surface area (Å²) >= 11 is 0. The Hall–Kier alpha value is -3.29. The molecule has 12 nitrogen and oxygen atoms in total. The fraction of sp³-hybridized carbons (Fsp3) is 0.538. The van der Waals surface area contributed by atoms with E-state index in [9.17, 15) is 8.42 Å². The van der Waals surface area contributed by atoms with Crippen molar-refractivity contribution in [2.24, 2.45) is 0 Å². The Labute approximate surface area is 229 Å². The molecule has 39 heavy (non-hydrogen) atoms. The van der Waals surface area contributed by atoms with Crippen LogP contribution in [0.2, 0.25) is 0 Å². The third-order valence-corrected chi connectivity index (χ3v) is 8.16. The number of hydrogen-bond donors (Lipinski definition) is 1. The van der Waals surface area contributed by atoms with Gasteiger partial charge in [-0.2, -0.15) is 0 Å². The summed E-state index contributed by atoms with van der Waals surface area (Å²) in [6.45, 7) is 8.18. The number of sulfonamides is 1. The molecule has 0 unspecified atom stereocenters. The van der Waals surface area contributed by atoms with Gasteiger partial charge in [0, 0.05) is 24.9 Å². The molecule has 0 amide bonds. The summed E-state index contributed by atoms with van der Waals surface area (Å²) in [5, 5.41) is 7.61. The van der Waals surface area contributed by atoms with Crippen molar-refractivity contribution >= 4 is 16.0 Å². The average molecular weight is 561 g/mol. The van der Waals surface area contributed by atoms with E-state index in [4.69, 9.17) is 18.9 Å². The van der Waals surface area contributed by atoms with E-state index in [1.165, 1.54) is 14.2 Å². The summed E-state index contributed by atoms with van der Waals surface area (Å²) in [6, 6.07) is 5.32. The third-order valence-electron chi connectivity index (χ3n) is 6.46. The Morgan fingerprint density at radius 2 is 1.74 bits per heavy atom. The molecule has 3 heterocycles. The molecule has 13 heteroatoms. The molecule has 4 rings (SSSR count). The highest BCUT2D eigenvalue weighted by Gasteiger charge is 2.36. The minimum Gasteiger partial charge on any atom is -0.494 e. The molecule has 2 aromatic heterocycles. The van der Waals surface area contributed by atoms with Gasteiger partial charge in [0.1, 0.15) is 34.4 Å². The summed E-state index contributed by atoms with van der Waals surface area (Å²) in [6.07, 6.45) is 3.74. The van der Waals surface area contributed by atoms with Crippen LogP contribution in [-0.2, 0) is 19.5 Å². The second-order valence-corrected chi connectivity index (χ2v) is 11.8. The van der Waals surface area contributed by atoms with Gasteiger partial charge in [-0.05, 0) is 58.2 Å². The van der Waals surface area contributed by atoms with Crippen LogP contribution in [0.3, 0.4) is 0 Å². The van der Waals surface area contributed by atoms with Crippen molar-refractivity contribution in [1.29, 1.82) is 0 Å². The summed E-state index contributed by atoms with van der Waals surface area (Å²) in [5.41, 5.74) is 1.34. The monoisotopic (exact) mass is 560 g/mol. The SMILES string of the molecule is COc1cccc(OC)c1-n1c(NS(=O)(=O)[C@@H](C)[C@@H](OC(C)C)c2ncc(C)cn2)nnc1[C@H]1CCCOC1. The maximum absolute atomic E-state index is 13.8. The fourth-order valence-corrected chi connectivity index (χ4v) is 5.53. The van der Waals surface area contributed by atoms with Crippen LogP contribution in [-0.4, -0.2) is 71.9 Å². The highest BCUT2D eigenvalue weighted by atomic mass is 32.2. The van der Waals surface area contributed by atoms with E-state index in [0.29, 0.717) is 36.2 Å². The van der Waals surface area contributed by atoms with Crippen LogP contribution in [0.1, 0.15) is 62.8 Å². The van der Waals surface area contributed by atoms with E-state index in [2.05, 4.69) is 24.9 Å². The van der Waals surface area contributed by atoms with E-state index in [-0.39, 0.29) is 23.8 Å². The second kappa shape index (κ2) is 12.3. The lowest BCUT2D eigenvalue weighted by atomic mass is 10.0. The zero-order chi connectivity index (χ0) is 28.2. The fourth-order valence-electron chi connectivity index (χ4n) is 4.45. The molecule has 1 aliphatic heterocycles. The van der Waals surface area contributed by atoms with Crippen LogP contribution in [0.25, 0.3) is 5.69 Å². The number of methoxy groups -OCH3 is 2. The Balaban J connectivity index is 1.79. The summed E-state index contributed by atoms with van der Waals surface area (Å²) in [7, 11) is -1.02. The van der Waals surface area contributed by atoms with Crippen LogP contribution in [0, 0.1) is 6.92 Å². The molecule has 0 radical (unpaired) electrons. The molecule has 3 atom stereocenters. The molecule has 1 saturated heterocycles. The van der Waals surface area contributed by atoms with Crippen LogP contribution in [0.15, 0.2) is 30.6 Å². The predicted octanol–water partition coefficient (Wildman–Crippen LogP) is 3.57. The number of anilines is 1. The van der Waals surface area contributed by atoms with Crippen LogP contribution in [0.4, 0.5) is 5.95 Å². The Morgan fingerprint density at radius 3 is 2.31 bits per heavy atom. The number of aromatic nitrogens is 5. The molecular formula is C26H36N6O6S. The van der Waals surface area contributed by atoms with Crippen molar-refractivity contribution in [3.63, 3.8) is 0 Å². The molecule has 0 bridgehead atoms. The van der Waals surface area contributed by atoms with Gasteiger partial charge in [0.05, 0.1) is 26.9 Å². The molecule has 0 spiro atoms. The third kappa shape index (κ3) is 6.31. The van der Waals surface area contributed by atoms with Gasteiger partial charge >= 0.3 is 0 Å². The first kappa shape index (κ1) is 28.7. The van der Waals surface area contributed by atoms with E-state index in [1.54, 1.807) is 42.1 Å². The molecule has 212 valence electrons. The lowest BCUT2D eigenvalue weighted by Crippen LogP contribution is -2.35. The largest absolute Gasteiger partial charge is 0.494 e. The van der Waals surface area contributed by atoms with Crippen molar-refractivity contribution in [2.45, 2.75) is 63.9 Å². The first-order valence-electron chi connectivity index (χ1n) is 12.9. The molecular weight excluding hydrogens is 524 g/mol. The molecule has 1 aliphatic rings. The van der Waals surface area contributed by atoms with Crippen molar-refractivity contribution in [2.75, 3.05) is 32.2 Å². The van der Waals surface area contributed by atoms with Gasteiger partial charge in [0.2, 0.25) is 16.0 Å². The minimum absolute atomic E-state index is 0.00153. The van der Waals surface area contributed by atoms with E-state index >= 15 is 0 Å². The number of nitrogens with zero attached hydrogens (tertiary/aromatic N) is 5. The number of para-hydroxylation sites is 1. The average Bonchev–Trinajstić information content (AvgIpc) is 3.33. The van der Waals surface area contributed by atoms with E-state index in [1.807, 2.05) is 20.8 Å². The first-order chi connectivity index (χ1) is 18.7. The molecule has 1 N–H and O–H groups in total. The number of nitrogens with one attached hydrogen (secondary N) is 1. The number of rotatable bonds is 11. The Kier molecular flexibility index (Phi) is 9.03. The van der Waals surface area contributed by atoms with Crippen molar-refractivity contribution in [3.05, 3.63) is 47.8 Å². The smallest absolute Gasteiger partial charge is 0.243 e. The van der Waals surface area contributed by atoms with E-state index in [0.717, 1.165) is 18.4 Å².